The Labute approximate surface area is 181 Å². The Morgan fingerprint density at radius 2 is 1.71 bits per heavy atom. The Bertz CT molecular complexity index is 1210. The van der Waals surface area contributed by atoms with Crippen molar-refractivity contribution in [1.29, 1.82) is 0 Å². The van der Waals surface area contributed by atoms with Gasteiger partial charge in [0.2, 0.25) is 0 Å². The zero-order valence-electron chi connectivity index (χ0n) is 16.5. The summed E-state index contributed by atoms with van der Waals surface area (Å²) in [6.07, 6.45) is 0. The Morgan fingerprint density at radius 3 is 2.39 bits per heavy atom. The molecule has 0 spiro atoms. The van der Waals surface area contributed by atoms with Crippen molar-refractivity contribution in [3.8, 4) is 22.8 Å². The number of halogens is 2. The number of carbonyl (C=O) groups is 1. The van der Waals surface area contributed by atoms with Gasteiger partial charge in [-0.25, -0.2) is 8.78 Å². The van der Waals surface area contributed by atoms with E-state index in [4.69, 9.17) is 4.74 Å². The quantitative estimate of drug-likeness (QED) is 0.294. The van der Waals surface area contributed by atoms with Crippen LogP contribution >= 0.6 is 11.8 Å². The standard InChI is InChI=1S/C23H17F2N3O2S/c1-30-18-10-8-17(9-11-18)28-22(15-5-3-2-4-6-15)26-27-23(28)31-14-21(29)16-7-12-19(24)20(25)13-16/h2-13H,14H2,1H3. The summed E-state index contributed by atoms with van der Waals surface area (Å²) >= 11 is 1.17. The molecule has 5 nitrogen and oxygen atoms in total. The summed E-state index contributed by atoms with van der Waals surface area (Å²) < 4.78 is 33.7. The zero-order valence-corrected chi connectivity index (χ0v) is 17.3. The monoisotopic (exact) mass is 437 g/mol. The maximum atomic E-state index is 13.5. The molecular weight excluding hydrogens is 420 g/mol. The fourth-order valence-corrected chi connectivity index (χ4v) is 3.83. The third-order valence-corrected chi connectivity index (χ3v) is 5.50. The van der Waals surface area contributed by atoms with Gasteiger partial charge in [0.1, 0.15) is 5.75 Å². The number of Topliss-reactive ketones (excluding diaryl/α,β-unsaturated/α-hetero) is 1. The predicted molar refractivity (Wildman–Crippen MR) is 115 cm³/mol. The molecule has 0 aliphatic carbocycles. The van der Waals surface area contributed by atoms with Crippen LogP contribution in [0, 0.1) is 11.6 Å². The fourth-order valence-electron chi connectivity index (χ4n) is 2.98. The third-order valence-electron chi connectivity index (χ3n) is 4.57. The van der Waals surface area contributed by atoms with Gasteiger partial charge in [-0.15, -0.1) is 10.2 Å². The number of aromatic nitrogens is 3. The number of hydrogen-bond donors (Lipinski definition) is 0. The van der Waals surface area contributed by atoms with Gasteiger partial charge in [0, 0.05) is 16.8 Å². The van der Waals surface area contributed by atoms with E-state index in [1.807, 2.05) is 59.2 Å². The van der Waals surface area contributed by atoms with Gasteiger partial charge in [-0.3, -0.25) is 9.36 Å². The minimum atomic E-state index is -1.05. The Kier molecular flexibility index (Phi) is 6.08. The first-order valence-corrected chi connectivity index (χ1v) is 10.3. The number of methoxy groups -OCH3 is 1. The van der Waals surface area contributed by atoms with Crippen molar-refractivity contribution in [3.05, 3.63) is 90.0 Å². The minimum Gasteiger partial charge on any atom is -0.497 e. The highest BCUT2D eigenvalue weighted by atomic mass is 32.2. The molecule has 156 valence electrons. The summed E-state index contributed by atoms with van der Waals surface area (Å²) in [5.41, 5.74) is 1.77. The van der Waals surface area contributed by atoms with Crippen LogP contribution in [0.15, 0.2) is 78.0 Å². The Balaban J connectivity index is 1.66. The van der Waals surface area contributed by atoms with Crippen molar-refractivity contribution in [2.75, 3.05) is 12.9 Å². The van der Waals surface area contributed by atoms with Crippen LogP contribution in [-0.2, 0) is 0 Å². The molecule has 0 bridgehead atoms. The van der Waals surface area contributed by atoms with Crippen LogP contribution in [0.3, 0.4) is 0 Å². The molecule has 4 aromatic rings. The molecular formula is C23H17F2N3O2S. The average molecular weight is 437 g/mol. The van der Waals surface area contributed by atoms with Crippen LogP contribution in [0.4, 0.5) is 8.78 Å². The molecule has 8 heteroatoms. The summed E-state index contributed by atoms with van der Waals surface area (Å²) in [5.74, 6) is -1.06. The van der Waals surface area contributed by atoms with E-state index >= 15 is 0 Å². The molecule has 0 N–H and O–H groups in total. The number of hydrogen-bond acceptors (Lipinski definition) is 5. The zero-order chi connectivity index (χ0) is 21.8. The normalized spacial score (nSPS) is 10.8. The van der Waals surface area contributed by atoms with Gasteiger partial charge >= 0.3 is 0 Å². The number of thioether (sulfide) groups is 1. The lowest BCUT2D eigenvalue weighted by Crippen LogP contribution is -2.06. The van der Waals surface area contributed by atoms with Gasteiger partial charge in [-0.1, -0.05) is 42.1 Å². The lowest BCUT2D eigenvalue weighted by molar-refractivity contribution is 0.102. The smallest absolute Gasteiger partial charge is 0.196 e. The molecule has 4 rings (SSSR count). The first-order valence-electron chi connectivity index (χ1n) is 9.33. The van der Waals surface area contributed by atoms with E-state index in [1.54, 1.807) is 7.11 Å². The number of ketones is 1. The lowest BCUT2D eigenvalue weighted by Gasteiger charge is -2.11. The third kappa shape index (κ3) is 4.49. The van der Waals surface area contributed by atoms with Crippen molar-refractivity contribution in [3.63, 3.8) is 0 Å². The highest BCUT2D eigenvalue weighted by Gasteiger charge is 2.18. The molecule has 0 fully saturated rings. The van der Waals surface area contributed by atoms with Crippen molar-refractivity contribution in [1.82, 2.24) is 14.8 Å². The number of ether oxygens (including phenoxy) is 1. The predicted octanol–water partition coefficient (Wildman–Crippen LogP) is 5.20. The Hall–Kier alpha value is -3.52. The molecule has 3 aromatic carbocycles. The molecule has 0 amide bonds. The molecule has 31 heavy (non-hydrogen) atoms. The molecule has 0 aliphatic heterocycles. The van der Waals surface area contributed by atoms with E-state index in [0.717, 1.165) is 23.4 Å². The van der Waals surface area contributed by atoms with Crippen molar-refractivity contribution < 1.29 is 18.3 Å². The van der Waals surface area contributed by atoms with Crippen LogP contribution in [0.1, 0.15) is 10.4 Å². The largest absolute Gasteiger partial charge is 0.497 e. The molecule has 0 aliphatic rings. The van der Waals surface area contributed by atoms with Gasteiger partial charge in [0.15, 0.2) is 28.4 Å². The maximum Gasteiger partial charge on any atom is 0.196 e. The molecule has 0 saturated heterocycles. The van der Waals surface area contributed by atoms with Crippen molar-refractivity contribution in [2.45, 2.75) is 5.16 Å². The summed E-state index contributed by atoms with van der Waals surface area (Å²) in [6.45, 7) is 0. The molecule has 0 radical (unpaired) electrons. The number of benzene rings is 3. The van der Waals surface area contributed by atoms with E-state index in [1.165, 1.54) is 17.8 Å². The summed E-state index contributed by atoms with van der Waals surface area (Å²) in [5, 5.41) is 9.09. The lowest BCUT2D eigenvalue weighted by atomic mass is 10.1. The van der Waals surface area contributed by atoms with E-state index < -0.39 is 11.6 Å². The average Bonchev–Trinajstić information content (AvgIpc) is 3.24. The van der Waals surface area contributed by atoms with E-state index in [-0.39, 0.29) is 17.1 Å². The van der Waals surface area contributed by atoms with E-state index in [9.17, 15) is 13.6 Å². The maximum absolute atomic E-state index is 13.5. The summed E-state index contributed by atoms with van der Waals surface area (Å²) in [4.78, 5) is 12.5. The van der Waals surface area contributed by atoms with Gasteiger partial charge in [0.25, 0.3) is 0 Å². The first kappa shape index (κ1) is 20.7. The molecule has 0 atom stereocenters. The fraction of sp³-hybridized carbons (Fsp3) is 0.0870. The van der Waals surface area contributed by atoms with Crippen LogP contribution in [0.25, 0.3) is 17.1 Å². The highest BCUT2D eigenvalue weighted by Crippen LogP contribution is 2.29. The van der Waals surface area contributed by atoms with Crippen molar-refractivity contribution in [2.24, 2.45) is 0 Å². The molecule has 0 saturated carbocycles. The second kappa shape index (κ2) is 9.09. The van der Waals surface area contributed by atoms with Crippen LogP contribution in [-0.4, -0.2) is 33.4 Å². The second-order valence-electron chi connectivity index (χ2n) is 6.55. The summed E-state index contributed by atoms with van der Waals surface area (Å²) in [6, 6.07) is 20.1. The summed E-state index contributed by atoms with van der Waals surface area (Å²) in [7, 11) is 1.59. The van der Waals surface area contributed by atoms with Gasteiger partial charge in [-0.2, -0.15) is 0 Å². The Morgan fingerprint density at radius 1 is 0.968 bits per heavy atom. The molecule has 0 unspecified atom stereocenters. The van der Waals surface area contributed by atoms with Crippen LogP contribution < -0.4 is 4.74 Å². The van der Waals surface area contributed by atoms with E-state index in [0.29, 0.717) is 16.7 Å². The highest BCUT2D eigenvalue weighted by molar-refractivity contribution is 7.99. The topological polar surface area (TPSA) is 57.0 Å². The van der Waals surface area contributed by atoms with E-state index in [2.05, 4.69) is 10.2 Å². The molecule has 1 heterocycles. The second-order valence-corrected chi connectivity index (χ2v) is 7.49. The van der Waals surface area contributed by atoms with Gasteiger partial charge in [-0.05, 0) is 42.5 Å². The molecule has 1 aromatic heterocycles. The number of nitrogens with zero attached hydrogens (tertiary/aromatic N) is 3. The van der Waals surface area contributed by atoms with Crippen molar-refractivity contribution >= 4 is 17.5 Å². The number of rotatable bonds is 7. The van der Waals surface area contributed by atoms with Crippen LogP contribution in [0.2, 0.25) is 0 Å². The van der Waals surface area contributed by atoms with Gasteiger partial charge < -0.3 is 4.74 Å². The van der Waals surface area contributed by atoms with Crippen LogP contribution in [0.5, 0.6) is 5.75 Å². The SMILES string of the molecule is COc1ccc(-n2c(SCC(=O)c3ccc(F)c(F)c3)nnc2-c2ccccc2)cc1. The van der Waals surface area contributed by atoms with Gasteiger partial charge in [0.05, 0.1) is 12.9 Å². The number of carbonyl (C=O) groups excluding carboxylic acids is 1. The minimum absolute atomic E-state index is 0.00580. The first-order chi connectivity index (χ1) is 15.1.